The molecule has 0 fully saturated rings. The van der Waals surface area contributed by atoms with Crippen LogP contribution in [0, 0.1) is 6.92 Å². The lowest BCUT2D eigenvalue weighted by Crippen LogP contribution is -2.26. The summed E-state index contributed by atoms with van der Waals surface area (Å²) in [6.07, 6.45) is -5.42. The zero-order chi connectivity index (χ0) is 14.8. The fourth-order valence-electron chi connectivity index (χ4n) is 1.61. The molecule has 4 nitrogen and oxygen atoms in total. The quantitative estimate of drug-likeness (QED) is 0.940. The minimum Gasteiger partial charge on any atom is -0.460 e. The van der Waals surface area contributed by atoms with E-state index in [9.17, 15) is 13.2 Å². The number of rotatable bonds is 3. The highest BCUT2D eigenvalue weighted by Gasteiger charge is 2.43. The summed E-state index contributed by atoms with van der Waals surface area (Å²) in [5.74, 6) is -0.368. The lowest BCUT2D eigenvalue weighted by molar-refractivity contribution is -0.198. The van der Waals surface area contributed by atoms with Crippen molar-refractivity contribution in [2.45, 2.75) is 19.2 Å². The molecule has 1 aromatic heterocycles. The van der Waals surface area contributed by atoms with Crippen LogP contribution in [0.1, 0.15) is 17.2 Å². The molecule has 0 amide bonds. The van der Waals surface area contributed by atoms with Gasteiger partial charge in [-0.25, -0.2) is 4.98 Å². The Balaban J connectivity index is 2.31. The first kappa shape index (κ1) is 14.1. The molecule has 0 aliphatic heterocycles. The summed E-state index contributed by atoms with van der Waals surface area (Å²) >= 11 is 0. The van der Waals surface area contributed by atoms with Crippen LogP contribution in [0.5, 0.6) is 5.88 Å². The molecular weight excluding hydrogens is 271 g/mol. The fraction of sp³-hybridized carbons (Fsp3) is 0.231. The van der Waals surface area contributed by atoms with Crippen molar-refractivity contribution in [1.29, 1.82) is 0 Å². The SMILES string of the molecule is Cc1ccc([C@@H](Oc2ccnc(N)n2)C(F)(F)F)cc1. The number of nitrogens with two attached hydrogens (primary N) is 1. The smallest absolute Gasteiger partial charge is 0.429 e. The highest BCUT2D eigenvalue weighted by molar-refractivity contribution is 5.26. The van der Waals surface area contributed by atoms with E-state index < -0.39 is 12.3 Å². The summed E-state index contributed by atoms with van der Waals surface area (Å²) in [6.45, 7) is 1.79. The van der Waals surface area contributed by atoms with Gasteiger partial charge in [-0.05, 0) is 6.92 Å². The average Bonchev–Trinajstić information content (AvgIpc) is 2.36. The molecule has 2 N–H and O–H groups in total. The van der Waals surface area contributed by atoms with Gasteiger partial charge in [0.1, 0.15) is 0 Å². The molecule has 106 valence electrons. The van der Waals surface area contributed by atoms with E-state index in [1.54, 1.807) is 19.1 Å². The molecule has 2 rings (SSSR count). The first-order valence-corrected chi connectivity index (χ1v) is 5.75. The lowest BCUT2D eigenvalue weighted by Gasteiger charge is -2.21. The van der Waals surface area contributed by atoms with Crippen LogP contribution in [0.4, 0.5) is 19.1 Å². The molecule has 0 saturated carbocycles. The van der Waals surface area contributed by atoms with Gasteiger partial charge in [-0.1, -0.05) is 29.8 Å². The van der Waals surface area contributed by atoms with E-state index in [0.29, 0.717) is 0 Å². The summed E-state index contributed by atoms with van der Waals surface area (Å²) < 4.78 is 44.2. The molecule has 0 saturated heterocycles. The molecule has 0 spiro atoms. The normalized spacial score (nSPS) is 13.0. The van der Waals surface area contributed by atoms with Gasteiger partial charge in [0.15, 0.2) is 0 Å². The number of alkyl halides is 3. The van der Waals surface area contributed by atoms with E-state index >= 15 is 0 Å². The molecule has 7 heteroatoms. The van der Waals surface area contributed by atoms with Gasteiger partial charge in [0.2, 0.25) is 17.9 Å². The monoisotopic (exact) mass is 283 g/mol. The number of aryl methyl sites for hydroxylation is 1. The number of benzene rings is 1. The number of aromatic nitrogens is 2. The van der Waals surface area contributed by atoms with Crippen molar-refractivity contribution in [2.24, 2.45) is 0 Å². The first-order chi connectivity index (χ1) is 9.36. The molecular formula is C13H12F3N3O. The van der Waals surface area contributed by atoms with E-state index in [1.165, 1.54) is 24.4 Å². The van der Waals surface area contributed by atoms with Gasteiger partial charge in [-0.2, -0.15) is 18.2 Å². The predicted octanol–water partition coefficient (Wildman–Crippen LogP) is 3.05. The van der Waals surface area contributed by atoms with Crippen LogP contribution in [0.15, 0.2) is 36.5 Å². The van der Waals surface area contributed by atoms with Crippen LogP contribution in [-0.4, -0.2) is 16.1 Å². The van der Waals surface area contributed by atoms with Crippen molar-refractivity contribution in [3.05, 3.63) is 47.7 Å². The van der Waals surface area contributed by atoms with Crippen molar-refractivity contribution in [3.8, 4) is 5.88 Å². The minimum absolute atomic E-state index is 0.000263. The third-order valence-corrected chi connectivity index (χ3v) is 2.56. The zero-order valence-corrected chi connectivity index (χ0v) is 10.6. The Hall–Kier alpha value is -2.31. The molecule has 0 aliphatic rings. The number of nitrogens with zero attached hydrogens (tertiary/aromatic N) is 2. The molecule has 0 radical (unpaired) electrons. The molecule has 0 bridgehead atoms. The molecule has 2 aromatic rings. The lowest BCUT2D eigenvalue weighted by atomic mass is 10.1. The molecule has 0 aliphatic carbocycles. The van der Waals surface area contributed by atoms with Crippen molar-refractivity contribution in [2.75, 3.05) is 5.73 Å². The predicted molar refractivity (Wildman–Crippen MR) is 67.0 cm³/mol. The van der Waals surface area contributed by atoms with Crippen LogP contribution < -0.4 is 10.5 Å². The number of hydrogen-bond acceptors (Lipinski definition) is 4. The number of nitrogen functional groups attached to an aromatic ring is 1. The van der Waals surface area contributed by atoms with Crippen molar-refractivity contribution < 1.29 is 17.9 Å². The second-order valence-electron chi connectivity index (χ2n) is 4.20. The van der Waals surface area contributed by atoms with Gasteiger partial charge < -0.3 is 10.5 Å². The van der Waals surface area contributed by atoms with Gasteiger partial charge in [0, 0.05) is 17.8 Å². The van der Waals surface area contributed by atoms with Gasteiger partial charge in [-0.3, -0.25) is 0 Å². The van der Waals surface area contributed by atoms with Gasteiger partial charge in [-0.15, -0.1) is 0 Å². The molecule has 1 atom stereocenters. The van der Waals surface area contributed by atoms with Crippen molar-refractivity contribution >= 4 is 5.95 Å². The summed E-state index contributed by atoms with van der Waals surface area (Å²) in [5.41, 5.74) is 6.18. The van der Waals surface area contributed by atoms with Crippen LogP contribution in [0.2, 0.25) is 0 Å². The Morgan fingerprint density at radius 2 is 1.80 bits per heavy atom. The number of hydrogen-bond donors (Lipinski definition) is 1. The van der Waals surface area contributed by atoms with Crippen LogP contribution in [-0.2, 0) is 0 Å². The molecule has 0 unspecified atom stereocenters. The topological polar surface area (TPSA) is 61.0 Å². The fourth-order valence-corrected chi connectivity index (χ4v) is 1.61. The standard InChI is InChI=1S/C13H12F3N3O/c1-8-2-4-9(5-3-8)11(13(14,15)16)20-10-6-7-18-12(17)19-10/h2-7,11H,1H3,(H2,17,18,19)/t11-/m1/s1. The van der Waals surface area contributed by atoms with Gasteiger partial charge in [0.05, 0.1) is 0 Å². The summed E-state index contributed by atoms with van der Waals surface area (Å²) in [7, 11) is 0. The minimum atomic E-state index is -4.56. The molecule has 1 heterocycles. The Morgan fingerprint density at radius 3 is 2.35 bits per heavy atom. The highest BCUT2D eigenvalue weighted by Crippen LogP contribution is 2.36. The molecule has 20 heavy (non-hydrogen) atoms. The second-order valence-corrected chi connectivity index (χ2v) is 4.20. The molecule has 1 aromatic carbocycles. The zero-order valence-electron chi connectivity index (χ0n) is 10.6. The maximum Gasteiger partial charge on any atom is 0.429 e. The van der Waals surface area contributed by atoms with Crippen LogP contribution in [0.3, 0.4) is 0 Å². The maximum absolute atomic E-state index is 13.1. The summed E-state index contributed by atoms with van der Waals surface area (Å²) in [6, 6.07) is 7.15. The Labute approximate surface area is 113 Å². The van der Waals surface area contributed by atoms with Gasteiger partial charge >= 0.3 is 6.18 Å². The third-order valence-electron chi connectivity index (χ3n) is 2.56. The Kier molecular flexibility index (Phi) is 3.78. The van der Waals surface area contributed by atoms with Crippen molar-refractivity contribution in [3.63, 3.8) is 0 Å². The van der Waals surface area contributed by atoms with E-state index in [4.69, 9.17) is 10.5 Å². The summed E-state index contributed by atoms with van der Waals surface area (Å²) in [5, 5.41) is 0. The number of anilines is 1. The first-order valence-electron chi connectivity index (χ1n) is 5.75. The third kappa shape index (κ3) is 3.37. The van der Waals surface area contributed by atoms with E-state index in [2.05, 4.69) is 9.97 Å². The Morgan fingerprint density at radius 1 is 1.15 bits per heavy atom. The van der Waals surface area contributed by atoms with Crippen LogP contribution in [0.25, 0.3) is 0 Å². The maximum atomic E-state index is 13.1. The summed E-state index contributed by atoms with van der Waals surface area (Å²) in [4.78, 5) is 7.21. The highest BCUT2D eigenvalue weighted by atomic mass is 19.4. The van der Waals surface area contributed by atoms with E-state index in [1.807, 2.05) is 0 Å². The number of ether oxygens (including phenoxy) is 1. The van der Waals surface area contributed by atoms with Crippen LogP contribution >= 0.6 is 0 Å². The number of halogens is 3. The average molecular weight is 283 g/mol. The second kappa shape index (κ2) is 5.36. The Bertz CT molecular complexity index is 584. The van der Waals surface area contributed by atoms with E-state index in [0.717, 1.165) is 5.56 Å². The van der Waals surface area contributed by atoms with Crippen molar-refractivity contribution in [1.82, 2.24) is 9.97 Å². The largest absolute Gasteiger partial charge is 0.460 e. The van der Waals surface area contributed by atoms with Gasteiger partial charge in [0.25, 0.3) is 0 Å². The van der Waals surface area contributed by atoms with E-state index in [-0.39, 0.29) is 17.4 Å².